The number of carbonyl (C=O) groups excluding carboxylic acids is 2. The SMILES string of the molecule is O=C(NOc1cc[nH]c1)[C@@H]1CC[C@@H]2CN1C(=O)N2O. The predicted octanol–water partition coefficient (Wildman–Crippen LogP) is 0.0825. The van der Waals surface area contributed by atoms with Gasteiger partial charge in [-0.3, -0.25) is 10.0 Å². The number of H-pyrrole nitrogens is 1. The van der Waals surface area contributed by atoms with Crippen LogP contribution in [0.3, 0.4) is 0 Å². The molecule has 0 aromatic carbocycles. The largest absolute Gasteiger partial charge is 0.378 e. The van der Waals surface area contributed by atoms with E-state index in [-0.39, 0.29) is 11.9 Å². The molecule has 3 amide bonds. The summed E-state index contributed by atoms with van der Waals surface area (Å²) in [6, 6.07) is 0.333. The molecule has 0 aliphatic carbocycles. The van der Waals surface area contributed by atoms with Crippen molar-refractivity contribution >= 4 is 11.9 Å². The summed E-state index contributed by atoms with van der Waals surface area (Å²) in [7, 11) is 0. The molecule has 0 radical (unpaired) electrons. The Morgan fingerprint density at radius 2 is 2.37 bits per heavy atom. The van der Waals surface area contributed by atoms with Crippen LogP contribution in [0.25, 0.3) is 0 Å². The van der Waals surface area contributed by atoms with Crippen molar-refractivity contribution in [3.05, 3.63) is 18.5 Å². The Hall–Kier alpha value is -2.22. The zero-order valence-electron chi connectivity index (χ0n) is 10.1. The molecule has 0 spiro atoms. The highest BCUT2D eigenvalue weighted by atomic mass is 16.7. The molecule has 2 bridgehead atoms. The average Bonchev–Trinajstić information content (AvgIpc) is 3.01. The normalized spacial score (nSPS) is 25.6. The molecule has 3 N–H and O–H groups in total. The van der Waals surface area contributed by atoms with E-state index in [1.165, 1.54) is 4.90 Å². The van der Waals surface area contributed by atoms with Gasteiger partial charge in [0.2, 0.25) is 0 Å². The molecule has 0 unspecified atom stereocenters. The third-order valence-electron chi connectivity index (χ3n) is 3.49. The van der Waals surface area contributed by atoms with Crippen LogP contribution in [0.2, 0.25) is 0 Å². The molecule has 2 saturated heterocycles. The Labute approximate surface area is 108 Å². The molecule has 19 heavy (non-hydrogen) atoms. The number of hydroxylamine groups is 3. The Morgan fingerprint density at radius 1 is 1.53 bits per heavy atom. The molecule has 2 aliphatic heterocycles. The fourth-order valence-electron chi connectivity index (χ4n) is 2.47. The minimum Gasteiger partial charge on any atom is -0.378 e. The minimum absolute atomic E-state index is 0.206. The second-order valence-corrected chi connectivity index (χ2v) is 4.64. The van der Waals surface area contributed by atoms with Crippen molar-refractivity contribution in [1.29, 1.82) is 0 Å². The molecule has 8 nitrogen and oxygen atoms in total. The third-order valence-corrected chi connectivity index (χ3v) is 3.49. The number of amides is 3. The maximum Gasteiger partial charge on any atom is 0.344 e. The number of piperidine rings is 1. The summed E-state index contributed by atoms with van der Waals surface area (Å²) in [6.45, 7) is 0.373. The number of nitrogens with one attached hydrogen (secondary N) is 2. The monoisotopic (exact) mass is 266 g/mol. The van der Waals surface area contributed by atoms with Crippen LogP contribution >= 0.6 is 0 Å². The first-order valence-corrected chi connectivity index (χ1v) is 6.05. The maximum absolute atomic E-state index is 12.0. The Bertz CT molecular complexity index is 489. The smallest absolute Gasteiger partial charge is 0.344 e. The number of aromatic nitrogens is 1. The molecule has 3 heterocycles. The second kappa shape index (κ2) is 4.47. The molecule has 3 rings (SSSR count). The predicted molar refractivity (Wildman–Crippen MR) is 62.1 cm³/mol. The number of urea groups is 1. The van der Waals surface area contributed by atoms with Crippen molar-refractivity contribution in [2.24, 2.45) is 0 Å². The van der Waals surface area contributed by atoms with Gasteiger partial charge in [-0.2, -0.15) is 5.48 Å². The summed E-state index contributed by atoms with van der Waals surface area (Å²) in [4.78, 5) is 32.9. The van der Waals surface area contributed by atoms with Gasteiger partial charge in [-0.25, -0.2) is 9.86 Å². The lowest BCUT2D eigenvalue weighted by atomic mass is 10.0. The summed E-state index contributed by atoms with van der Waals surface area (Å²) >= 11 is 0. The van der Waals surface area contributed by atoms with Gasteiger partial charge in [-0.1, -0.05) is 0 Å². The summed E-state index contributed by atoms with van der Waals surface area (Å²) in [6.07, 6.45) is 4.37. The molecule has 0 saturated carbocycles. The standard InChI is InChI=1S/C11H14N4O4/c16-10(13-19-8-3-4-12-5-8)9-2-1-7-6-14(9)11(17)15(7)18/h3-5,7,9,12,18H,1-2,6H2,(H,13,16)/t7-,9+/m1/s1. The van der Waals surface area contributed by atoms with E-state index in [9.17, 15) is 14.8 Å². The van der Waals surface area contributed by atoms with E-state index in [2.05, 4.69) is 10.5 Å². The highest BCUT2D eigenvalue weighted by Gasteiger charge is 2.46. The number of nitrogens with zero attached hydrogens (tertiary/aromatic N) is 2. The lowest BCUT2D eigenvalue weighted by molar-refractivity contribution is -0.132. The van der Waals surface area contributed by atoms with E-state index in [1.807, 2.05) is 0 Å². The lowest BCUT2D eigenvalue weighted by Crippen LogP contribution is -2.50. The second-order valence-electron chi connectivity index (χ2n) is 4.64. The van der Waals surface area contributed by atoms with Crippen LogP contribution in [-0.4, -0.2) is 50.7 Å². The van der Waals surface area contributed by atoms with E-state index in [1.54, 1.807) is 18.5 Å². The number of carbonyl (C=O) groups is 2. The number of hydrogen-bond acceptors (Lipinski definition) is 4. The van der Waals surface area contributed by atoms with Crippen molar-refractivity contribution in [3.63, 3.8) is 0 Å². The quantitative estimate of drug-likeness (QED) is 0.533. The molecule has 1 aromatic heterocycles. The van der Waals surface area contributed by atoms with Crippen LogP contribution in [0, 0.1) is 0 Å². The zero-order valence-corrected chi connectivity index (χ0v) is 10.1. The molecule has 102 valence electrons. The van der Waals surface area contributed by atoms with Crippen LogP contribution in [0.15, 0.2) is 18.5 Å². The molecule has 2 atom stereocenters. The topological polar surface area (TPSA) is 97.9 Å². The van der Waals surface area contributed by atoms with E-state index >= 15 is 0 Å². The first-order chi connectivity index (χ1) is 9.16. The van der Waals surface area contributed by atoms with Crippen LogP contribution in [0.4, 0.5) is 4.79 Å². The number of hydrogen-bond donors (Lipinski definition) is 3. The Kier molecular flexibility index (Phi) is 2.79. The van der Waals surface area contributed by atoms with Crippen molar-refractivity contribution in [2.45, 2.75) is 24.9 Å². The summed E-state index contributed by atoms with van der Waals surface area (Å²) in [5.74, 6) is 0.0990. The Balaban J connectivity index is 1.62. The minimum atomic E-state index is -0.597. The summed E-state index contributed by atoms with van der Waals surface area (Å²) in [5.41, 5.74) is 2.32. The van der Waals surface area contributed by atoms with E-state index in [0.717, 1.165) is 0 Å². The van der Waals surface area contributed by atoms with E-state index < -0.39 is 12.1 Å². The van der Waals surface area contributed by atoms with Crippen molar-refractivity contribution in [3.8, 4) is 5.75 Å². The highest BCUT2D eigenvalue weighted by Crippen LogP contribution is 2.28. The van der Waals surface area contributed by atoms with Gasteiger partial charge in [0.25, 0.3) is 5.91 Å². The summed E-state index contributed by atoms with van der Waals surface area (Å²) < 4.78 is 0. The number of aromatic amines is 1. The van der Waals surface area contributed by atoms with E-state index in [4.69, 9.17) is 4.84 Å². The maximum atomic E-state index is 12.0. The summed E-state index contributed by atoms with van der Waals surface area (Å²) in [5, 5.41) is 10.2. The van der Waals surface area contributed by atoms with Crippen LogP contribution in [0.5, 0.6) is 5.75 Å². The van der Waals surface area contributed by atoms with Gasteiger partial charge >= 0.3 is 6.03 Å². The van der Waals surface area contributed by atoms with Crippen molar-refractivity contribution < 1.29 is 19.6 Å². The van der Waals surface area contributed by atoms with Crippen molar-refractivity contribution in [1.82, 2.24) is 20.4 Å². The first-order valence-electron chi connectivity index (χ1n) is 6.05. The average molecular weight is 266 g/mol. The molecular weight excluding hydrogens is 252 g/mol. The van der Waals surface area contributed by atoms with Gasteiger partial charge in [0, 0.05) is 25.0 Å². The van der Waals surface area contributed by atoms with Gasteiger partial charge in [-0.05, 0) is 12.8 Å². The molecule has 1 aromatic rings. The van der Waals surface area contributed by atoms with Gasteiger partial charge < -0.3 is 14.7 Å². The fourth-order valence-corrected chi connectivity index (χ4v) is 2.47. The molecule has 2 fully saturated rings. The van der Waals surface area contributed by atoms with Gasteiger partial charge in [0.15, 0.2) is 5.75 Å². The first kappa shape index (κ1) is 11.8. The highest BCUT2D eigenvalue weighted by molar-refractivity contribution is 5.88. The molecule has 8 heteroatoms. The number of fused-ring (bicyclic) bond motifs is 2. The number of rotatable bonds is 3. The molecule has 2 aliphatic rings. The zero-order chi connectivity index (χ0) is 13.4. The van der Waals surface area contributed by atoms with Gasteiger partial charge in [0.1, 0.15) is 6.04 Å². The molecular formula is C11H14N4O4. The van der Waals surface area contributed by atoms with Crippen LogP contribution in [-0.2, 0) is 4.79 Å². The van der Waals surface area contributed by atoms with E-state index in [0.29, 0.717) is 30.2 Å². The Morgan fingerprint density at radius 3 is 3.11 bits per heavy atom. The van der Waals surface area contributed by atoms with Crippen LogP contribution in [0.1, 0.15) is 12.8 Å². The van der Waals surface area contributed by atoms with Gasteiger partial charge in [-0.15, -0.1) is 0 Å². The fraction of sp³-hybridized carbons (Fsp3) is 0.455. The van der Waals surface area contributed by atoms with Gasteiger partial charge in [0.05, 0.1) is 6.04 Å². The van der Waals surface area contributed by atoms with Crippen LogP contribution < -0.4 is 10.3 Å². The van der Waals surface area contributed by atoms with Crippen molar-refractivity contribution in [2.75, 3.05) is 6.54 Å². The third kappa shape index (κ3) is 1.99. The lowest BCUT2D eigenvalue weighted by Gasteiger charge is -2.28.